The Morgan fingerprint density at radius 3 is 3.26 bits per heavy atom. The van der Waals surface area contributed by atoms with E-state index in [-0.39, 0.29) is 0 Å². The second-order valence-corrected chi connectivity index (χ2v) is 5.47. The van der Waals surface area contributed by atoms with Gasteiger partial charge >= 0.3 is 0 Å². The lowest BCUT2D eigenvalue weighted by atomic mass is 10.2. The zero-order valence-electron chi connectivity index (χ0n) is 10.8. The molecule has 0 bridgehead atoms. The van der Waals surface area contributed by atoms with Crippen LogP contribution in [0.1, 0.15) is 12.8 Å². The van der Waals surface area contributed by atoms with Crippen LogP contribution in [-0.4, -0.2) is 35.7 Å². The molecule has 0 radical (unpaired) electrons. The topological polar surface area (TPSA) is 36.3 Å². The van der Waals surface area contributed by atoms with Crippen LogP contribution in [0.5, 0.6) is 0 Å². The van der Waals surface area contributed by atoms with Crippen LogP contribution in [0.25, 0.3) is 11.3 Å². The van der Waals surface area contributed by atoms with Crippen molar-refractivity contribution in [1.82, 2.24) is 9.78 Å². The zero-order valence-corrected chi connectivity index (χ0v) is 11.6. The summed E-state index contributed by atoms with van der Waals surface area (Å²) in [6.45, 7) is 3.07. The van der Waals surface area contributed by atoms with Crippen molar-refractivity contribution >= 4 is 11.3 Å². The van der Waals surface area contributed by atoms with Gasteiger partial charge in [-0.1, -0.05) is 0 Å². The van der Waals surface area contributed by atoms with E-state index in [9.17, 15) is 0 Å². The molecule has 19 heavy (non-hydrogen) atoms. The van der Waals surface area contributed by atoms with Gasteiger partial charge in [0.2, 0.25) is 0 Å². The molecule has 0 amide bonds. The van der Waals surface area contributed by atoms with Crippen molar-refractivity contribution < 1.29 is 9.47 Å². The molecule has 2 aromatic heterocycles. The Hall–Kier alpha value is -1.17. The monoisotopic (exact) mass is 278 g/mol. The van der Waals surface area contributed by atoms with Crippen molar-refractivity contribution in [3.8, 4) is 11.3 Å². The molecule has 2 aromatic rings. The molecular formula is C14H18N2O2S. The van der Waals surface area contributed by atoms with Crippen LogP contribution < -0.4 is 0 Å². The van der Waals surface area contributed by atoms with Gasteiger partial charge < -0.3 is 9.47 Å². The summed E-state index contributed by atoms with van der Waals surface area (Å²) in [6, 6.07) is 4.13. The van der Waals surface area contributed by atoms with Crippen LogP contribution in [0.3, 0.4) is 0 Å². The lowest BCUT2D eigenvalue weighted by Gasteiger charge is -2.09. The van der Waals surface area contributed by atoms with Gasteiger partial charge in [0.25, 0.3) is 0 Å². The highest BCUT2D eigenvalue weighted by Crippen LogP contribution is 2.19. The Labute approximate surface area is 117 Å². The van der Waals surface area contributed by atoms with Crippen LogP contribution in [0.2, 0.25) is 0 Å². The van der Waals surface area contributed by atoms with Crippen molar-refractivity contribution in [2.24, 2.45) is 0 Å². The first-order chi connectivity index (χ1) is 9.42. The Morgan fingerprint density at radius 2 is 2.47 bits per heavy atom. The molecule has 1 saturated heterocycles. The van der Waals surface area contributed by atoms with E-state index in [0.29, 0.717) is 19.3 Å². The van der Waals surface area contributed by atoms with Crippen LogP contribution in [0, 0.1) is 0 Å². The molecule has 1 fully saturated rings. The molecule has 0 aliphatic carbocycles. The Bertz CT molecular complexity index is 489. The minimum absolute atomic E-state index is 0.305. The van der Waals surface area contributed by atoms with E-state index in [0.717, 1.165) is 31.7 Å². The van der Waals surface area contributed by atoms with E-state index < -0.39 is 0 Å². The molecule has 5 heteroatoms. The maximum Gasteiger partial charge on any atom is 0.0931 e. The first-order valence-electron chi connectivity index (χ1n) is 6.67. The lowest BCUT2D eigenvalue weighted by Crippen LogP contribution is -2.16. The summed E-state index contributed by atoms with van der Waals surface area (Å²) in [5, 5.41) is 8.71. The van der Waals surface area contributed by atoms with Gasteiger partial charge in [0, 0.05) is 23.7 Å². The molecule has 0 aromatic carbocycles. The number of rotatable bonds is 6. The van der Waals surface area contributed by atoms with Crippen molar-refractivity contribution in [2.45, 2.75) is 25.5 Å². The van der Waals surface area contributed by atoms with Gasteiger partial charge in [0.15, 0.2) is 0 Å². The summed E-state index contributed by atoms with van der Waals surface area (Å²) >= 11 is 1.69. The summed E-state index contributed by atoms with van der Waals surface area (Å²) < 4.78 is 13.1. The minimum atomic E-state index is 0.305. The standard InChI is InChI=1S/C14H18N2O2S/c1-2-13(18-7-1)10-17-8-6-16-5-3-14(15-16)12-4-9-19-11-12/h3-5,9,11,13H,1-2,6-8,10H2/t13-/m1/s1. The van der Waals surface area contributed by atoms with Crippen LogP contribution in [-0.2, 0) is 16.0 Å². The van der Waals surface area contributed by atoms with Gasteiger partial charge in [-0.3, -0.25) is 4.68 Å². The molecule has 0 N–H and O–H groups in total. The second kappa shape index (κ2) is 6.32. The number of ether oxygens (including phenoxy) is 2. The number of thiophene rings is 1. The predicted molar refractivity (Wildman–Crippen MR) is 75.3 cm³/mol. The maximum atomic E-state index is 5.64. The average Bonchev–Trinajstić information content (AvgIpc) is 3.15. The van der Waals surface area contributed by atoms with Gasteiger partial charge in [0.05, 0.1) is 31.6 Å². The van der Waals surface area contributed by atoms with Crippen molar-refractivity contribution in [3.63, 3.8) is 0 Å². The molecule has 1 atom stereocenters. The SMILES string of the molecule is c1cc(-c2ccn(CCOC[C@H]3CCCO3)n2)cs1. The van der Waals surface area contributed by atoms with E-state index in [2.05, 4.69) is 21.9 Å². The lowest BCUT2D eigenvalue weighted by molar-refractivity contribution is 0.0142. The van der Waals surface area contributed by atoms with E-state index in [1.54, 1.807) is 11.3 Å². The zero-order chi connectivity index (χ0) is 12.9. The summed E-state index contributed by atoms with van der Waals surface area (Å²) in [5.41, 5.74) is 2.21. The Kier molecular flexibility index (Phi) is 4.27. The molecule has 1 aliphatic heterocycles. The smallest absolute Gasteiger partial charge is 0.0931 e. The van der Waals surface area contributed by atoms with Gasteiger partial charge in [-0.2, -0.15) is 16.4 Å². The summed E-state index contributed by atoms with van der Waals surface area (Å²) in [7, 11) is 0. The predicted octanol–water partition coefficient (Wildman–Crippen LogP) is 2.81. The minimum Gasteiger partial charge on any atom is -0.377 e. The molecule has 3 rings (SSSR count). The molecule has 102 valence electrons. The summed E-state index contributed by atoms with van der Waals surface area (Å²) in [6.07, 6.45) is 4.60. The normalized spacial score (nSPS) is 19.1. The highest BCUT2D eigenvalue weighted by atomic mass is 32.1. The average molecular weight is 278 g/mol. The molecule has 0 spiro atoms. The number of aromatic nitrogens is 2. The third-order valence-corrected chi connectivity index (χ3v) is 3.93. The Balaban J connectivity index is 1.43. The summed E-state index contributed by atoms with van der Waals surface area (Å²) in [5.74, 6) is 0. The van der Waals surface area contributed by atoms with E-state index in [1.807, 2.05) is 16.9 Å². The molecule has 4 nitrogen and oxygen atoms in total. The molecule has 0 unspecified atom stereocenters. The molecule has 3 heterocycles. The second-order valence-electron chi connectivity index (χ2n) is 4.69. The molecular weight excluding hydrogens is 260 g/mol. The van der Waals surface area contributed by atoms with E-state index >= 15 is 0 Å². The fraction of sp³-hybridized carbons (Fsp3) is 0.500. The van der Waals surface area contributed by atoms with E-state index in [4.69, 9.17) is 9.47 Å². The maximum absolute atomic E-state index is 5.64. The van der Waals surface area contributed by atoms with Crippen molar-refractivity contribution in [1.29, 1.82) is 0 Å². The quantitative estimate of drug-likeness (QED) is 0.762. The third-order valence-electron chi connectivity index (χ3n) is 3.25. The fourth-order valence-electron chi connectivity index (χ4n) is 2.20. The largest absolute Gasteiger partial charge is 0.377 e. The number of nitrogens with zero attached hydrogens (tertiary/aromatic N) is 2. The van der Waals surface area contributed by atoms with Gasteiger partial charge in [-0.25, -0.2) is 0 Å². The van der Waals surface area contributed by atoms with Gasteiger partial charge in [0.1, 0.15) is 0 Å². The highest BCUT2D eigenvalue weighted by molar-refractivity contribution is 7.08. The number of hydrogen-bond donors (Lipinski definition) is 0. The first kappa shape index (κ1) is 12.8. The first-order valence-corrected chi connectivity index (χ1v) is 7.61. The summed E-state index contributed by atoms with van der Waals surface area (Å²) in [4.78, 5) is 0. The van der Waals surface area contributed by atoms with Gasteiger partial charge in [-0.15, -0.1) is 0 Å². The van der Waals surface area contributed by atoms with Crippen LogP contribution >= 0.6 is 11.3 Å². The van der Waals surface area contributed by atoms with Crippen molar-refractivity contribution in [2.75, 3.05) is 19.8 Å². The van der Waals surface area contributed by atoms with Crippen LogP contribution in [0.4, 0.5) is 0 Å². The van der Waals surface area contributed by atoms with Crippen molar-refractivity contribution in [3.05, 3.63) is 29.1 Å². The highest BCUT2D eigenvalue weighted by Gasteiger charge is 2.15. The number of hydrogen-bond acceptors (Lipinski definition) is 4. The Morgan fingerprint density at radius 1 is 1.47 bits per heavy atom. The third kappa shape index (κ3) is 3.43. The van der Waals surface area contributed by atoms with Gasteiger partial charge in [-0.05, 0) is 30.4 Å². The fourth-order valence-corrected chi connectivity index (χ4v) is 2.85. The van der Waals surface area contributed by atoms with E-state index in [1.165, 1.54) is 5.56 Å². The molecule has 1 aliphatic rings. The van der Waals surface area contributed by atoms with Crippen LogP contribution in [0.15, 0.2) is 29.1 Å². The molecule has 0 saturated carbocycles.